The van der Waals surface area contributed by atoms with Crippen LogP contribution in [0.25, 0.3) is 22.2 Å². The van der Waals surface area contributed by atoms with Crippen LogP contribution in [0.15, 0.2) is 48.5 Å². The van der Waals surface area contributed by atoms with E-state index in [0.717, 1.165) is 11.9 Å². The summed E-state index contributed by atoms with van der Waals surface area (Å²) >= 11 is 0. The highest BCUT2D eigenvalue weighted by molar-refractivity contribution is 5.94. The first-order valence-electron chi connectivity index (χ1n) is 8.04. The Kier molecular flexibility index (Phi) is 3.22. The number of aromatic nitrogens is 1. The van der Waals surface area contributed by atoms with E-state index in [1.165, 1.54) is 27.8 Å². The highest BCUT2D eigenvalue weighted by atomic mass is 16.2. The van der Waals surface area contributed by atoms with Gasteiger partial charge in [-0.2, -0.15) is 0 Å². The number of carbonyl (C=O) groups excluding carboxylic acids is 1. The fourth-order valence-electron chi connectivity index (χ4n) is 3.68. The third kappa shape index (κ3) is 2.24. The molecule has 1 unspecified atom stereocenters. The molecule has 0 radical (unpaired) electrons. The smallest absolute Gasteiger partial charge is 0.222 e. The van der Waals surface area contributed by atoms with Gasteiger partial charge in [-0.1, -0.05) is 42.5 Å². The van der Waals surface area contributed by atoms with Crippen molar-refractivity contribution in [2.24, 2.45) is 0 Å². The van der Waals surface area contributed by atoms with E-state index < -0.39 is 0 Å². The average Bonchev–Trinajstić information content (AvgIpc) is 2.95. The summed E-state index contributed by atoms with van der Waals surface area (Å²) in [6.45, 7) is 0. The van der Waals surface area contributed by atoms with Crippen molar-refractivity contribution >= 4 is 16.8 Å². The van der Waals surface area contributed by atoms with Gasteiger partial charge in [-0.3, -0.25) is 4.79 Å². The van der Waals surface area contributed by atoms with E-state index in [9.17, 15) is 4.79 Å². The number of H-pyrrole nitrogens is 1. The number of rotatable bonds is 2. The van der Waals surface area contributed by atoms with Crippen LogP contribution in [-0.2, 0) is 11.2 Å². The van der Waals surface area contributed by atoms with Crippen LogP contribution in [-0.4, -0.2) is 29.9 Å². The Hall–Kier alpha value is -2.55. The van der Waals surface area contributed by atoms with Gasteiger partial charge in [0, 0.05) is 37.0 Å². The summed E-state index contributed by atoms with van der Waals surface area (Å²) in [5, 5.41) is 1.24. The maximum absolute atomic E-state index is 12.3. The Labute approximate surface area is 135 Å². The topological polar surface area (TPSA) is 36.1 Å². The predicted molar refractivity (Wildman–Crippen MR) is 93.5 cm³/mol. The SMILES string of the molecule is CN(C)C(=O)CC1Cc2ccccc2-c2[nH]c3ccccc3c21. The molecule has 1 atom stereocenters. The molecule has 4 rings (SSSR count). The summed E-state index contributed by atoms with van der Waals surface area (Å²) in [5.74, 6) is 0.413. The first-order chi connectivity index (χ1) is 11.1. The lowest BCUT2D eigenvalue weighted by molar-refractivity contribution is -0.129. The molecule has 0 fully saturated rings. The number of nitrogens with one attached hydrogen (secondary N) is 1. The molecule has 0 bridgehead atoms. The Morgan fingerprint density at radius 1 is 1.13 bits per heavy atom. The Balaban J connectivity index is 1.91. The summed E-state index contributed by atoms with van der Waals surface area (Å²) < 4.78 is 0. The van der Waals surface area contributed by atoms with E-state index in [1.54, 1.807) is 4.90 Å². The number of fused-ring (bicyclic) bond motifs is 5. The molecule has 116 valence electrons. The second kappa shape index (κ2) is 5.27. The van der Waals surface area contributed by atoms with Gasteiger partial charge in [0.05, 0.1) is 5.69 Å². The standard InChI is InChI=1S/C20H20N2O/c1-22(2)18(23)12-14-11-13-7-3-4-8-15(13)20-19(14)16-9-5-6-10-17(16)21-20/h3-10,14,21H,11-12H2,1-2H3. The highest BCUT2D eigenvalue weighted by Gasteiger charge is 2.30. The number of hydrogen-bond donors (Lipinski definition) is 1. The Bertz CT molecular complexity index is 892. The molecule has 1 N–H and O–H groups in total. The van der Waals surface area contributed by atoms with Crippen molar-refractivity contribution in [1.82, 2.24) is 9.88 Å². The highest BCUT2D eigenvalue weighted by Crippen LogP contribution is 2.44. The molecule has 1 aromatic heterocycles. The van der Waals surface area contributed by atoms with Crippen LogP contribution >= 0.6 is 0 Å². The summed E-state index contributed by atoms with van der Waals surface area (Å²) in [5.41, 5.74) is 6.23. The minimum absolute atomic E-state index is 0.186. The molecule has 1 aliphatic carbocycles. The molecule has 3 nitrogen and oxygen atoms in total. The number of hydrogen-bond acceptors (Lipinski definition) is 1. The van der Waals surface area contributed by atoms with Crippen LogP contribution in [0.1, 0.15) is 23.5 Å². The van der Waals surface area contributed by atoms with Gasteiger partial charge in [0.2, 0.25) is 5.91 Å². The molecule has 1 amide bonds. The number of carbonyl (C=O) groups is 1. The van der Waals surface area contributed by atoms with Crippen molar-refractivity contribution in [3.63, 3.8) is 0 Å². The van der Waals surface area contributed by atoms with Gasteiger partial charge >= 0.3 is 0 Å². The van der Waals surface area contributed by atoms with E-state index in [1.807, 2.05) is 14.1 Å². The number of aromatic amines is 1. The summed E-state index contributed by atoms with van der Waals surface area (Å²) in [7, 11) is 3.66. The molecule has 23 heavy (non-hydrogen) atoms. The quantitative estimate of drug-likeness (QED) is 0.764. The van der Waals surface area contributed by atoms with Gasteiger partial charge < -0.3 is 9.88 Å². The third-order valence-electron chi connectivity index (χ3n) is 4.83. The molecule has 1 heterocycles. The molecule has 0 saturated carbocycles. The zero-order valence-corrected chi connectivity index (χ0v) is 13.5. The van der Waals surface area contributed by atoms with E-state index in [4.69, 9.17) is 0 Å². The summed E-state index contributed by atoms with van der Waals surface area (Å²) in [6, 6.07) is 16.9. The second-order valence-electron chi connectivity index (χ2n) is 6.51. The first-order valence-corrected chi connectivity index (χ1v) is 8.04. The van der Waals surface area contributed by atoms with Crippen molar-refractivity contribution in [2.45, 2.75) is 18.8 Å². The van der Waals surface area contributed by atoms with E-state index in [2.05, 4.69) is 53.5 Å². The summed E-state index contributed by atoms with van der Waals surface area (Å²) in [4.78, 5) is 17.6. The van der Waals surface area contributed by atoms with Gasteiger partial charge in [-0.15, -0.1) is 0 Å². The number of nitrogens with zero attached hydrogens (tertiary/aromatic N) is 1. The average molecular weight is 304 g/mol. The van der Waals surface area contributed by atoms with Gasteiger partial charge in [0.15, 0.2) is 0 Å². The largest absolute Gasteiger partial charge is 0.354 e. The molecule has 1 aliphatic rings. The van der Waals surface area contributed by atoms with Crippen molar-refractivity contribution in [3.8, 4) is 11.3 Å². The molecule has 2 aromatic carbocycles. The van der Waals surface area contributed by atoms with E-state index in [0.29, 0.717) is 6.42 Å². The minimum Gasteiger partial charge on any atom is -0.354 e. The zero-order valence-electron chi connectivity index (χ0n) is 13.5. The molecular weight excluding hydrogens is 284 g/mol. The predicted octanol–water partition coefficient (Wildman–Crippen LogP) is 3.95. The number of benzene rings is 2. The Morgan fingerprint density at radius 3 is 2.70 bits per heavy atom. The molecule has 0 aliphatic heterocycles. The Morgan fingerprint density at radius 2 is 1.87 bits per heavy atom. The third-order valence-corrected chi connectivity index (χ3v) is 4.83. The van der Waals surface area contributed by atoms with Crippen molar-refractivity contribution in [1.29, 1.82) is 0 Å². The summed E-state index contributed by atoms with van der Waals surface area (Å²) in [6.07, 6.45) is 1.47. The van der Waals surface area contributed by atoms with Gasteiger partial charge in [0.1, 0.15) is 0 Å². The van der Waals surface area contributed by atoms with Crippen molar-refractivity contribution < 1.29 is 4.79 Å². The van der Waals surface area contributed by atoms with Crippen LogP contribution in [0, 0.1) is 0 Å². The normalized spacial score (nSPS) is 16.0. The lowest BCUT2D eigenvalue weighted by atomic mass is 9.79. The number of amides is 1. The maximum atomic E-state index is 12.3. The van der Waals surface area contributed by atoms with Gasteiger partial charge in [0.25, 0.3) is 0 Å². The van der Waals surface area contributed by atoms with Crippen LogP contribution in [0.5, 0.6) is 0 Å². The molecule has 3 aromatic rings. The molecule has 0 saturated heterocycles. The van der Waals surface area contributed by atoms with Crippen LogP contribution in [0.2, 0.25) is 0 Å². The monoisotopic (exact) mass is 304 g/mol. The molecular formula is C20H20N2O. The maximum Gasteiger partial charge on any atom is 0.222 e. The lowest BCUT2D eigenvalue weighted by Crippen LogP contribution is -2.25. The van der Waals surface area contributed by atoms with Crippen molar-refractivity contribution in [2.75, 3.05) is 14.1 Å². The number of para-hydroxylation sites is 1. The molecule has 0 spiro atoms. The first kappa shape index (κ1) is 14.1. The fraction of sp³-hybridized carbons (Fsp3) is 0.250. The van der Waals surface area contributed by atoms with Gasteiger partial charge in [-0.05, 0) is 29.5 Å². The van der Waals surface area contributed by atoms with Crippen LogP contribution in [0.3, 0.4) is 0 Å². The van der Waals surface area contributed by atoms with Gasteiger partial charge in [-0.25, -0.2) is 0 Å². The minimum atomic E-state index is 0.186. The van der Waals surface area contributed by atoms with Crippen molar-refractivity contribution in [3.05, 3.63) is 59.7 Å². The fourth-order valence-corrected chi connectivity index (χ4v) is 3.68. The van der Waals surface area contributed by atoms with E-state index >= 15 is 0 Å². The lowest BCUT2D eigenvalue weighted by Gasteiger charge is -2.26. The van der Waals surface area contributed by atoms with Crippen LogP contribution < -0.4 is 0 Å². The van der Waals surface area contributed by atoms with E-state index in [-0.39, 0.29) is 11.8 Å². The zero-order chi connectivity index (χ0) is 16.0. The second-order valence-corrected chi connectivity index (χ2v) is 6.51. The van der Waals surface area contributed by atoms with Crippen LogP contribution in [0.4, 0.5) is 0 Å². The molecule has 3 heteroatoms.